The molecule has 3 unspecified atom stereocenters. The molecule has 1 aromatic carbocycles. The second-order valence-electron chi connectivity index (χ2n) is 5.53. The van der Waals surface area contributed by atoms with E-state index in [9.17, 15) is 8.78 Å². The monoisotopic (exact) mass is 293 g/mol. The van der Waals surface area contributed by atoms with Gasteiger partial charge in [-0.25, -0.2) is 8.78 Å². The van der Waals surface area contributed by atoms with Crippen LogP contribution in [0, 0.1) is 11.6 Å². The lowest BCUT2D eigenvalue weighted by atomic mass is 10.1. The van der Waals surface area contributed by atoms with Gasteiger partial charge >= 0.3 is 0 Å². The van der Waals surface area contributed by atoms with Gasteiger partial charge in [0.25, 0.3) is 0 Å². The topological polar surface area (TPSA) is 51.0 Å². The van der Waals surface area contributed by atoms with Crippen LogP contribution in [0.1, 0.15) is 42.5 Å². The van der Waals surface area contributed by atoms with Gasteiger partial charge in [-0.15, -0.1) is 0 Å². The zero-order valence-corrected chi connectivity index (χ0v) is 11.9. The zero-order valence-electron chi connectivity index (χ0n) is 11.9. The van der Waals surface area contributed by atoms with Crippen molar-refractivity contribution in [1.29, 1.82) is 0 Å². The number of hydrogen-bond acceptors (Lipinski definition) is 4. The van der Waals surface area contributed by atoms with Crippen molar-refractivity contribution in [3.63, 3.8) is 0 Å². The van der Waals surface area contributed by atoms with Gasteiger partial charge in [0.05, 0.1) is 0 Å². The smallest absolute Gasteiger partial charge is 0.230 e. The summed E-state index contributed by atoms with van der Waals surface area (Å²) >= 11 is 0. The number of nitrogens with one attached hydrogen (secondary N) is 1. The Kier molecular flexibility index (Phi) is 3.71. The molecular weight excluding hydrogens is 276 g/mol. The maximum atomic E-state index is 13.8. The van der Waals surface area contributed by atoms with E-state index in [1.54, 1.807) is 6.07 Å². The van der Waals surface area contributed by atoms with Gasteiger partial charge in [-0.3, -0.25) is 0 Å². The summed E-state index contributed by atoms with van der Waals surface area (Å²) in [5, 5.41) is 7.04. The predicted octanol–water partition coefficient (Wildman–Crippen LogP) is 2.77. The second kappa shape index (κ2) is 5.52. The molecule has 4 nitrogen and oxygen atoms in total. The summed E-state index contributed by atoms with van der Waals surface area (Å²) in [4.78, 5) is 4.35. The molecule has 1 aliphatic carbocycles. The number of halogens is 2. The van der Waals surface area contributed by atoms with Crippen LogP contribution in [0.15, 0.2) is 22.7 Å². The fourth-order valence-electron chi connectivity index (χ4n) is 2.50. The molecule has 1 aromatic heterocycles. The molecule has 0 radical (unpaired) electrons. The Bertz CT molecular complexity index is 644. The van der Waals surface area contributed by atoms with Gasteiger partial charge in [-0.2, -0.15) is 4.98 Å². The van der Waals surface area contributed by atoms with Gasteiger partial charge in [0, 0.05) is 18.4 Å². The number of benzene rings is 1. The number of likely N-dealkylation sites (N-methyl/N-ethyl adjacent to an activating group) is 1. The van der Waals surface area contributed by atoms with E-state index >= 15 is 0 Å². The van der Waals surface area contributed by atoms with Crippen molar-refractivity contribution >= 4 is 0 Å². The molecular formula is C15H17F2N3O. The number of rotatable bonds is 5. The van der Waals surface area contributed by atoms with E-state index in [1.165, 1.54) is 6.07 Å². The second-order valence-corrected chi connectivity index (χ2v) is 5.53. The Hall–Kier alpha value is -1.82. The molecule has 1 saturated carbocycles. The van der Waals surface area contributed by atoms with Crippen molar-refractivity contribution < 1.29 is 13.3 Å². The highest BCUT2D eigenvalue weighted by molar-refractivity contribution is 5.32. The van der Waals surface area contributed by atoms with Crippen LogP contribution in [-0.4, -0.2) is 23.2 Å². The van der Waals surface area contributed by atoms with Crippen molar-refractivity contribution in [3.8, 4) is 0 Å². The van der Waals surface area contributed by atoms with E-state index in [-0.39, 0.29) is 17.9 Å². The first kappa shape index (κ1) is 14.1. The molecule has 1 N–H and O–H groups in total. The van der Waals surface area contributed by atoms with Crippen LogP contribution in [0.5, 0.6) is 0 Å². The van der Waals surface area contributed by atoms with Crippen molar-refractivity contribution in [2.75, 3.05) is 7.05 Å². The first-order chi connectivity index (χ1) is 10.1. The maximum absolute atomic E-state index is 13.8. The summed E-state index contributed by atoms with van der Waals surface area (Å²) in [5.41, 5.74) is 0.392. The van der Waals surface area contributed by atoms with Crippen molar-refractivity contribution in [3.05, 3.63) is 47.1 Å². The Morgan fingerprint density at radius 2 is 2.19 bits per heavy atom. The molecule has 1 fully saturated rings. The van der Waals surface area contributed by atoms with Crippen LogP contribution >= 0.6 is 0 Å². The summed E-state index contributed by atoms with van der Waals surface area (Å²) in [6.45, 7) is 2.03. The summed E-state index contributed by atoms with van der Waals surface area (Å²) in [6.07, 6.45) is 1.38. The van der Waals surface area contributed by atoms with Crippen LogP contribution < -0.4 is 5.32 Å². The quantitative estimate of drug-likeness (QED) is 0.921. The predicted molar refractivity (Wildman–Crippen MR) is 73.0 cm³/mol. The average molecular weight is 293 g/mol. The molecule has 6 heteroatoms. The Morgan fingerprint density at radius 3 is 2.95 bits per heavy atom. The Morgan fingerprint density at radius 1 is 1.38 bits per heavy atom. The summed E-state index contributed by atoms with van der Waals surface area (Å²) < 4.78 is 32.3. The molecule has 1 aliphatic rings. The lowest BCUT2D eigenvalue weighted by Crippen LogP contribution is -2.24. The first-order valence-electron chi connectivity index (χ1n) is 7.03. The van der Waals surface area contributed by atoms with Gasteiger partial charge in [-0.1, -0.05) is 17.3 Å². The standard InChI is InChI=1S/C15H17F2N3O/c1-8(18-2)6-13-19-15(21-20-13)11-7-10(11)9-4-3-5-12(16)14(9)17/h3-5,8,10-11,18H,6-7H2,1-2H3. The molecule has 3 rings (SSSR count). The SMILES string of the molecule is CNC(C)Cc1noc(C2CC2c2cccc(F)c2F)n1. The molecule has 21 heavy (non-hydrogen) atoms. The third kappa shape index (κ3) is 2.81. The van der Waals surface area contributed by atoms with E-state index in [2.05, 4.69) is 15.5 Å². The fourth-order valence-corrected chi connectivity index (χ4v) is 2.50. The molecule has 0 aliphatic heterocycles. The molecule has 0 spiro atoms. The van der Waals surface area contributed by atoms with Gasteiger partial charge in [0.1, 0.15) is 0 Å². The third-order valence-electron chi connectivity index (χ3n) is 3.95. The minimum absolute atomic E-state index is 0.00700. The lowest BCUT2D eigenvalue weighted by molar-refractivity contribution is 0.370. The van der Waals surface area contributed by atoms with E-state index in [0.717, 1.165) is 6.07 Å². The number of hydrogen-bond donors (Lipinski definition) is 1. The molecule has 0 saturated heterocycles. The van der Waals surface area contributed by atoms with E-state index < -0.39 is 11.6 Å². The number of aromatic nitrogens is 2. The van der Waals surface area contributed by atoms with E-state index in [0.29, 0.717) is 30.1 Å². The Labute approximate surface area is 121 Å². The summed E-state index contributed by atoms with van der Waals surface area (Å²) in [6, 6.07) is 4.52. The molecule has 2 aromatic rings. The van der Waals surface area contributed by atoms with Gasteiger partial charge < -0.3 is 9.84 Å². The first-order valence-corrected chi connectivity index (χ1v) is 7.03. The van der Waals surface area contributed by atoms with Crippen LogP contribution in [0.25, 0.3) is 0 Å². The van der Waals surface area contributed by atoms with Crippen LogP contribution in [0.3, 0.4) is 0 Å². The highest BCUT2D eigenvalue weighted by Gasteiger charge is 2.45. The summed E-state index contributed by atoms with van der Waals surface area (Å²) in [5.74, 6) is -0.511. The number of nitrogens with zero attached hydrogens (tertiary/aromatic N) is 2. The maximum Gasteiger partial charge on any atom is 0.230 e. The molecule has 0 amide bonds. The van der Waals surface area contributed by atoms with Crippen LogP contribution in [0.4, 0.5) is 8.78 Å². The van der Waals surface area contributed by atoms with Gasteiger partial charge in [0.2, 0.25) is 5.89 Å². The minimum atomic E-state index is -0.813. The normalized spacial score (nSPS) is 22.3. The molecule has 3 atom stereocenters. The minimum Gasteiger partial charge on any atom is -0.339 e. The lowest BCUT2D eigenvalue weighted by Gasteiger charge is -2.04. The molecule has 0 bridgehead atoms. The van der Waals surface area contributed by atoms with Gasteiger partial charge in [-0.05, 0) is 37.9 Å². The highest BCUT2D eigenvalue weighted by atomic mass is 19.2. The van der Waals surface area contributed by atoms with Crippen molar-refractivity contribution in [2.24, 2.45) is 0 Å². The molecule has 1 heterocycles. The van der Waals surface area contributed by atoms with Crippen LogP contribution in [-0.2, 0) is 6.42 Å². The van der Waals surface area contributed by atoms with Crippen molar-refractivity contribution in [1.82, 2.24) is 15.5 Å². The summed E-state index contributed by atoms with van der Waals surface area (Å²) in [7, 11) is 1.87. The zero-order chi connectivity index (χ0) is 15.0. The van der Waals surface area contributed by atoms with E-state index in [1.807, 2.05) is 14.0 Å². The third-order valence-corrected chi connectivity index (χ3v) is 3.95. The van der Waals surface area contributed by atoms with Crippen LogP contribution in [0.2, 0.25) is 0 Å². The highest BCUT2D eigenvalue weighted by Crippen LogP contribution is 2.54. The fraction of sp³-hybridized carbons (Fsp3) is 0.467. The Balaban J connectivity index is 1.72. The van der Waals surface area contributed by atoms with Crippen molar-refractivity contribution in [2.45, 2.75) is 37.6 Å². The molecule has 112 valence electrons. The largest absolute Gasteiger partial charge is 0.339 e. The average Bonchev–Trinajstić information content (AvgIpc) is 3.13. The van der Waals surface area contributed by atoms with Gasteiger partial charge in [0.15, 0.2) is 17.5 Å². The van der Waals surface area contributed by atoms with E-state index in [4.69, 9.17) is 4.52 Å².